The number of phenolic OH excluding ortho intramolecular Hbond substituents is 1. The summed E-state index contributed by atoms with van der Waals surface area (Å²) in [6, 6.07) is 5.88. The molecule has 0 unspecified atom stereocenters. The standard InChI is InChI=1S/C12H17BrN2O.2ClH/c1-9(15-6-4-14-5-7-15)11-8-10(13)2-3-12(11)16;;/h2-3,8-9,14,16H,4-7H2,1H3;2*1H/t9-;;/m0../s1. The fourth-order valence-corrected chi connectivity index (χ4v) is 2.50. The van der Waals surface area contributed by atoms with Gasteiger partial charge < -0.3 is 10.4 Å². The van der Waals surface area contributed by atoms with Crippen LogP contribution in [0.1, 0.15) is 18.5 Å². The number of benzene rings is 1. The van der Waals surface area contributed by atoms with Crippen LogP contribution in [0.3, 0.4) is 0 Å². The molecule has 0 saturated carbocycles. The molecule has 6 heteroatoms. The van der Waals surface area contributed by atoms with Gasteiger partial charge in [-0.05, 0) is 25.1 Å². The number of halogens is 3. The van der Waals surface area contributed by atoms with E-state index in [-0.39, 0.29) is 30.9 Å². The second-order valence-corrected chi connectivity index (χ2v) is 5.08. The summed E-state index contributed by atoms with van der Waals surface area (Å²) in [6.07, 6.45) is 0. The summed E-state index contributed by atoms with van der Waals surface area (Å²) in [4.78, 5) is 2.39. The lowest BCUT2D eigenvalue weighted by molar-refractivity contribution is 0.183. The normalized spacial score (nSPS) is 17.4. The van der Waals surface area contributed by atoms with Gasteiger partial charge in [-0.3, -0.25) is 4.90 Å². The van der Waals surface area contributed by atoms with Crippen molar-refractivity contribution in [2.24, 2.45) is 0 Å². The Morgan fingerprint density at radius 3 is 2.50 bits per heavy atom. The molecule has 18 heavy (non-hydrogen) atoms. The SMILES string of the molecule is C[C@@H](c1cc(Br)ccc1O)N1CCNCC1.Cl.Cl. The first-order valence-electron chi connectivity index (χ1n) is 5.61. The zero-order valence-corrected chi connectivity index (χ0v) is 13.4. The maximum absolute atomic E-state index is 9.87. The van der Waals surface area contributed by atoms with Crippen LogP contribution in [-0.4, -0.2) is 36.2 Å². The minimum atomic E-state index is 0. The van der Waals surface area contributed by atoms with E-state index in [1.807, 2.05) is 12.1 Å². The average Bonchev–Trinajstić information content (AvgIpc) is 2.32. The Morgan fingerprint density at radius 1 is 1.28 bits per heavy atom. The van der Waals surface area contributed by atoms with E-state index >= 15 is 0 Å². The molecule has 1 fully saturated rings. The quantitative estimate of drug-likeness (QED) is 0.854. The molecule has 1 aliphatic heterocycles. The number of rotatable bonds is 2. The van der Waals surface area contributed by atoms with Gasteiger partial charge in [0.15, 0.2) is 0 Å². The van der Waals surface area contributed by atoms with Crippen molar-refractivity contribution >= 4 is 40.7 Å². The second kappa shape index (κ2) is 8.23. The Morgan fingerprint density at radius 2 is 1.89 bits per heavy atom. The van der Waals surface area contributed by atoms with Crippen LogP contribution in [0.2, 0.25) is 0 Å². The van der Waals surface area contributed by atoms with Gasteiger partial charge in [0.1, 0.15) is 5.75 Å². The highest BCUT2D eigenvalue weighted by molar-refractivity contribution is 9.10. The molecular weight excluding hydrogens is 339 g/mol. The molecule has 0 bridgehead atoms. The first-order valence-corrected chi connectivity index (χ1v) is 6.41. The summed E-state index contributed by atoms with van der Waals surface area (Å²) < 4.78 is 1.02. The Labute approximate surface area is 129 Å². The zero-order valence-electron chi connectivity index (χ0n) is 10.2. The predicted octanol–water partition coefficient (Wildman–Crippen LogP) is 2.96. The highest BCUT2D eigenvalue weighted by Gasteiger charge is 2.20. The summed E-state index contributed by atoms with van der Waals surface area (Å²) >= 11 is 3.45. The molecule has 1 aromatic carbocycles. The van der Waals surface area contributed by atoms with E-state index in [2.05, 4.69) is 33.1 Å². The van der Waals surface area contributed by atoms with Gasteiger partial charge in [0.25, 0.3) is 0 Å². The summed E-state index contributed by atoms with van der Waals surface area (Å²) in [5, 5.41) is 13.2. The second-order valence-electron chi connectivity index (χ2n) is 4.17. The Bertz CT molecular complexity index is 373. The fourth-order valence-electron chi connectivity index (χ4n) is 2.13. The van der Waals surface area contributed by atoms with E-state index in [0.29, 0.717) is 5.75 Å². The number of hydrogen-bond donors (Lipinski definition) is 2. The molecule has 3 nitrogen and oxygen atoms in total. The average molecular weight is 358 g/mol. The van der Waals surface area contributed by atoms with Gasteiger partial charge in [-0.1, -0.05) is 15.9 Å². The molecule has 2 rings (SSSR count). The highest BCUT2D eigenvalue weighted by Crippen LogP contribution is 2.30. The Kier molecular flexibility index (Phi) is 8.23. The van der Waals surface area contributed by atoms with Crippen molar-refractivity contribution in [1.29, 1.82) is 0 Å². The summed E-state index contributed by atoms with van der Waals surface area (Å²) in [7, 11) is 0. The summed E-state index contributed by atoms with van der Waals surface area (Å²) in [5.41, 5.74) is 0.997. The molecule has 104 valence electrons. The van der Waals surface area contributed by atoms with Crippen molar-refractivity contribution in [3.05, 3.63) is 28.2 Å². The van der Waals surface area contributed by atoms with Crippen LogP contribution in [0.25, 0.3) is 0 Å². The first kappa shape index (κ1) is 18.0. The molecule has 1 aromatic rings. The topological polar surface area (TPSA) is 35.5 Å². The first-order chi connectivity index (χ1) is 7.68. The van der Waals surface area contributed by atoms with Crippen LogP contribution in [0.4, 0.5) is 0 Å². The van der Waals surface area contributed by atoms with Gasteiger partial charge >= 0.3 is 0 Å². The molecule has 1 heterocycles. The zero-order chi connectivity index (χ0) is 11.5. The van der Waals surface area contributed by atoms with E-state index in [9.17, 15) is 5.11 Å². The number of aromatic hydroxyl groups is 1. The summed E-state index contributed by atoms with van der Waals surface area (Å²) in [5.74, 6) is 0.384. The van der Waals surface area contributed by atoms with Gasteiger partial charge in [0, 0.05) is 42.3 Å². The predicted molar refractivity (Wildman–Crippen MR) is 83.2 cm³/mol. The third kappa shape index (κ3) is 4.28. The molecule has 2 N–H and O–H groups in total. The highest BCUT2D eigenvalue weighted by atomic mass is 79.9. The van der Waals surface area contributed by atoms with Gasteiger partial charge in [-0.25, -0.2) is 0 Å². The Balaban J connectivity index is 0.00000144. The monoisotopic (exact) mass is 356 g/mol. The van der Waals surface area contributed by atoms with Crippen molar-refractivity contribution in [2.75, 3.05) is 26.2 Å². The van der Waals surface area contributed by atoms with E-state index < -0.39 is 0 Å². The molecule has 1 aliphatic rings. The van der Waals surface area contributed by atoms with Gasteiger partial charge in [-0.2, -0.15) is 0 Å². The number of piperazine rings is 1. The van der Waals surface area contributed by atoms with Gasteiger partial charge in [0.2, 0.25) is 0 Å². The fraction of sp³-hybridized carbons (Fsp3) is 0.500. The minimum absolute atomic E-state index is 0. The van der Waals surface area contributed by atoms with E-state index in [4.69, 9.17) is 0 Å². The third-order valence-electron chi connectivity index (χ3n) is 3.14. The van der Waals surface area contributed by atoms with Crippen molar-refractivity contribution in [3.8, 4) is 5.75 Å². The van der Waals surface area contributed by atoms with E-state index in [0.717, 1.165) is 36.2 Å². The third-order valence-corrected chi connectivity index (χ3v) is 3.63. The van der Waals surface area contributed by atoms with Crippen molar-refractivity contribution in [1.82, 2.24) is 10.2 Å². The van der Waals surface area contributed by atoms with Crippen LogP contribution >= 0.6 is 40.7 Å². The molecule has 0 radical (unpaired) electrons. The lowest BCUT2D eigenvalue weighted by Gasteiger charge is -2.33. The number of nitrogens with one attached hydrogen (secondary N) is 1. The van der Waals surface area contributed by atoms with Crippen LogP contribution < -0.4 is 5.32 Å². The van der Waals surface area contributed by atoms with Crippen LogP contribution in [0.15, 0.2) is 22.7 Å². The van der Waals surface area contributed by atoms with E-state index in [1.165, 1.54) is 0 Å². The largest absolute Gasteiger partial charge is 0.508 e. The molecular formula is C12H19BrCl2N2O. The molecule has 0 aliphatic carbocycles. The van der Waals surface area contributed by atoms with Crippen molar-refractivity contribution in [2.45, 2.75) is 13.0 Å². The molecule has 0 spiro atoms. The number of hydrogen-bond acceptors (Lipinski definition) is 3. The van der Waals surface area contributed by atoms with Crippen LogP contribution in [0, 0.1) is 0 Å². The molecule has 0 aromatic heterocycles. The van der Waals surface area contributed by atoms with Crippen LogP contribution in [-0.2, 0) is 0 Å². The minimum Gasteiger partial charge on any atom is -0.508 e. The molecule has 0 amide bonds. The lowest BCUT2D eigenvalue weighted by Crippen LogP contribution is -2.44. The smallest absolute Gasteiger partial charge is 0.120 e. The number of phenols is 1. The van der Waals surface area contributed by atoms with Gasteiger partial charge in [-0.15, -0.1) is 24.8 Å². The van der Waals surface area contributed by atoms with E-state index in [1.54, 1.807) is 6.07 Å². The lowest BCUT2D eigenvalue weighted by atomic mass is 10.1. The van der Waals surface area contributed by atoms with Crippen molar-refractivity contribution < 1.29 is 5.11 Å². The van der Waals surface area contributed by atoms with Crippen molar-refractivity contribution in [3.63, 3.8) is 0 Å². The maximum Gasteiger partial charge on any atom is 0.120 e. The maximum atomic E-state index is 9.87. The summed E-state index contributed by atoms with van der Waals surface area (Å²) in [6.45, 7) is 6.27. The van der Waals surface area contributed by atoms with Crippen LogP contribution in [0.5, 0.6) is 5.75 Å². The molecule has 1 atom stereocenters. The molecule has 1 saturated heterocycles. The number of nitrogens with zero attached hydrogens (tertiary/aromatic N) is 1. The Hall–Kier alpha value is -0.000000000000000111. The van der Waals surface area contributed by atoms with Gasteiger partial charge in [0.05, 0.1) is 0 Å².